The van der Waals surface area contributed by atoms with Crippen LogP contribution in [-0.4, -0.2) is 54.7 Å². The highest BCUT2D eigenvalue weighted by Crippen LogP contribution is 2.33. The van der Waals surface area contributed by atoms with Crippen LogP contribution in [0.3, 0.4) is 0 Å². The molecule has 146 valence electrons. The maximum Gasteiger partial charge on any atom is 0.341 e. The second-order valence-corrected chi connectivity index (χ2v) is 8.34. The van der Waals surface area contributed by atoms with Crippen molar-refractivity contribution in [1.29, 1.82) is 0 Å². The molecule has 1 amide bonds. The summed E-state index contributed by atoms with van der Waals surface area (Å²) in [5.74, 6) is -0.729. The molecule has 0 aromatic carbocycles. The average molecular weight is 410 g/mol. The topological polar surface area (TPSA) is 80.8 Å². The molecule has 0 atom stereocenters. The van der Waals surface area contributed by atoms with Gasteiger partial charge in [-0.05, 0) is 26.3 Å². The quantitative estimate of drug-likeness (QED) is 0.739. The van der Waals surface area contributed by atoms with Crippen LogP contribution in [0.2, 0.25) is 0 Å². The third-order valence-corrected chi connectivity index (χ3v) is 6.30. The fourth-order valence-electron chi connectivity index (χ4n) is 2.77. The van der Waals surface area contributed by atoms with E-state index in [1.807, 2.05) is 13.8 Å². The van der Waals surface area contributed by atoms with Crippen molar-refractivity contribution in [2.75, 3.05) is 38.2 Å². The summed E-state index contributed by atoms with van der Waals surface area (Å²) in [4.78, 5) is 32.6. The van der Waals surface area contributed by atoms with Gasteiger partial charge in [-0.2, -0.15) is 0 Å². The second kappa shape index (κ2) is 8.92. The number of morpholine rings is 1. The number of amides is 1. The Balaban J connectivity index is 1.70. The molecule has 1 aliphatic heterocycles. The first-order valence-electron chi connectivity index (χ1n) is 8.82. The van der Waals surface area contributed by atoms with Gasteiger partial charge in [0.1, 0.15) is 15.7 Å². The first-order chi connectivity index (χ1) is 13.0. The van der Waals surface area contributed by atoms with Gasteiger partial charge in [0, 0.05) is 23.3 Å². The Hall–Kier alpha value is -1.81. The van der Waals surface area contributed by atoms with E-state index < -0.39 is 5.97 Å². The minimum atomic E-state index is -0.416. The molecule has 0 radical (unpaired) electrons. The average Bonchev–Trinajstić information content (AvgIpc) is 3.21. The van der Waals surface area contributed by atoms with Crippen LogP contribution < -0.4 is 5.32 Å². The number of aromatic nitrogens is 1. The molecular weight excluding hydrogens is 386 g/mol. The number of carbonyl (C=O) groups is 2. The van der Waals surface area contributed by atoms with Crippen LogP contribution in [0.25, 0.3) is 0 Å². The smallest absolute Gasteiger partial charge is 0.341 e. The van der Waals surface area contributed by atoms with Gasteiger partial charge in [0.2, 0.25) is 0 Å². The molecule has 3 heterocycles. The minimum Gasteiger partial charge on any atom is -0.462 e. The lowest BCUT2D eigenvalue weighted by molar-refractivity contribution is 0.0341. The highest BCUT2D eigenvalue weighted by atomic mass is 32.1. The zero-order valence-corrected chi connectivity index (χ0v) is 17.3. The summed E-state index contributed by atoms with van der Waals surface area (Å²) in [5.41, 5.74) is 1.62. The van der Waals surface area contributed by atoms with Gasteiger partial charge in [-0.1, -0.05) is 0 Å². The third kappa shape index (κ3) is 4.73. The Labute approximate surface area is 166 Å². The number of thiophene rings is 1. The summed E-state index contributed by atoms with van der Waals surface area (Å²) in [7, 11) is 0. The summed E-state index contributed by atoms with van der Waals surface area (Å²) in [6.45, 7) is 9.74. The van der Waals surface area contributed by atoms with E-state index in [1.54, 1.807) is 12.3 Å². The van der Waals surface area contributed by atoms with E-state index in [0.29, 0.717) is 22.8 Å². The summed E-state index contributed by atoms with van der Waals surface area (Å²) in [6.07, 6.45) is 0. The molecule has 2 aromatic rings. The zero-order chi connectivity index (χ0) is 19.4. The van der Waals surface area contributed by atoms with E-state index in [2.05, 4.69) is 15.2 Å². The maximum absolute atomic E-state index is 12.6. The predicted molar refractivity (Wildman–Crippen MR) is 106 cm³/mol. The SMILES string of the molecule is CCOC(=O)c1c(NC(=O)c2csc(CN3CCOCC3)n2)sc(C)c1C. The van der Waals surface area contributed by atoms with Gasteiger partial charge in [-0.25, -0.2) is 9.78 Å². The van der Waals surface area contributed by atoms with E-state index in [1.165, 1.54) is 22.7 Å². The molecule has 1 saturated heterocycles. The summed E-state index contributed by atoms with van der Waals surface area (Å²) >= 11 is 2.84. The van der Waals surface area contributed by atoms with Crippen molar-refractivity contribution in [3.05, 3.63) is 32.1 Å². The van der Waals surface area contributed by atoms with E-state index in [0.717, 1.165) is 41.8 Å². The number of esters is 1. The van der Waals surface area contributed by atoms with Crippen LogP contribution in [-0.2, 0) is 16.0 Å². The Morgan fingerprint density at radius 3 is 2.78 bits per heavy atom. The molecule has 2 aromatic heterocycles. The number of carbonyl (C=O) groups excluding carboxylic acids is 2. The number of ether oxygens (including phenoxy) is 2. The number of nitrogens with zero attached hydrogens (tertiary/aromatic N) is 2. The lowest BCUT2D eigenvalue weighted by Crippen LogP contribution is -2.35. The van der Waals surface area contributed by atoms with Crippen molar-refractivity contribution in [1.82, 2.24) is 9.88 Å². The van der Waals surface area contributed by atoms with Crippen LogP contribution >= 0.6 is 22.7 Å². The van der Waals surface area contributed by atoms with Crippen LogP contribution in [0.5, 0.6) is 0 Å². The van der Waals surface area contributed by atoms with Crippen molar-refractivity contribution in [2.24, 2.45) is 0 Å². The van der Waals surface area contributed by atoms with Crippen molar-refractivity contribution >= 4 is 39.6 Å². The molecule has 0 aliphatic carbocycles. The number of nitrogens with one attached hydrogen (secondary N) is 1. The second-order valence-electron chi connectivity index (χ2n) is 6.18. The molecule has 3 rings (SSSR count). The molecule has 9 heteroatoms. The van der Waals surface area contributed by atoms with Gasteiger partial charge in [0.15, 0.2) is 0 Å². The van der Waals surface area contributed by atoms with E-state index >= 15 is 0 Å². The fraction of sp³-hybridized carbons (Fsp3) is 0.500. The van der Waals surface area contributed by atoms with Crippen molar-refractivity contribution in [3.8, 4) is 0 Å². The number of thiazole rings is 1. The van der Waals surface area contributed by atoms with E-state index in [-0.39, 0.29) is 12.5 Å². The molecule has 7 nitrogen and oxygen atoms in total. The van der Waals surface area contributed by atoms with Gasteiger partial charge < -0.3 is 14.8 Å². The standard InChI is InChI=1S/C18H23N3O4S2/c1-4-25-18(23)15-11(2)12(3)27-17(15)20-16(22)13-10-26-14(19-13)9-21-5-7-24-8-6-21/h10H,4-9H2,1-3H3,(H,20,22). The lowest BCUT2D eigenvalue weighted by atomic mass is 10.1. The van der Waals surface area contributed by atoms with Crippen molar-refractivity contribution in [2.45, 2.75) is 27.3 Å². The number of rotatable bonds is 6. The van der Waals surface area contributed by atoms with Gasteiger partial charge in [0.05, 0.1) is 31.9 Å². The van der Waals surface area contributed by atoms with Crippen LogP contribution in [0.1, 0.15) is 43.2 Å². The zero-order valence-electron chi connectivity index (χ0n) is 15.7. The van der Waals surface area contributed by atoms with E-state index in [4.69, 9.17) is 9.47 Å². The highest BCUT2D eigenvalue weighted by Gasteiger charge is 2.23. The van der Waals surface area contributed by atoms with Gasteiger partial charge >= 0.3 is 5.97 Å². The summed E-state index contributed by atoms with van der Waals surface area (Å²) in [5, 5.41) is 5.99. The number of hydrogen-bond donors (Lipinski definition) is 1. The Kier molecular flexibility index (Phi) is 6.59. The van der Waals surface area contributed by atoms with Gasteiger partial charge in [-0.3, -0.25) is 9.69 Å². The Morgan fingerprint density at radius 2 is 2.07 bits per heavy atom. The molecule has 0 spiro atoms. The highest BCUT2D eigenvalue weighted by molar-refractivity contribution is 7.17. The third-order valence-electron chi connectivity index (χ3n) is 4.34. The molecule has 1 aliphatic rings. The maximum atomic E-state index is 12.6. The normalized spacial score (nSPS) is 14.9. The van der Waals surface area contributed by atoms with Crippen molar-refractivity contribution in [3.63, 3.8) is 0 Å². The minimum absolute atomic E-state index is 0.289. The summed E-state index contributed by atoms with van der Waals surface area (Å²) < 4.78 is 10.5. The van der Waals surface area contributed by atoms with Crippen LogP contribution in [0.4, 0.5) is 5.00 Å². The molecule has 0 bridgehead atoms. The molecule has 27 heavy (non-hydrogen) atoms. The molecule has 1 N–H and O–H groups in total. The molecule has 1 fully saturated rings. The number of hydrogen-bond acceptors (Lipinski definition) is 8. The summed E-state index contributed by atoms with van der Waals surface area (Å²) in [6, 6.07) is 0. The lowest BCUT2D eigenvalue weighted by Gasteiger charge is -2.25. The molecular formula is C18H23N3O4S2. The number of aryl methyl sites for hydroxylation is 1. The van der Waals surface area contributed by atoms with Gasteiger partial charge in [0.25, 0.3) is 5.91 Å². The molecule has 0 saturated carbocycles. The van der Waals surface area contributed by atoms with Gasteiger partial charge in [-0.15, -0.1) is 22.7 Å². The first-order valence-corrected chi connectivity index (χ1v) is 10.5. The van der Waals surface area contributed by atoms with Crippen molar-refractivity contribution < 1.29 is 19.1 Å². The number of anilines is 1. The largest absolute Gasteiger partial charge is 0.462 e. The predicted octanol–water partition coefficient (Wildman–Crippen LogP) is 3.08. The molecule has 0 unspecified atom stereocenters. The Bertz CT molecular complexity index is 825. The van der Waals surface area contributed by atoms with E-state index in [9.17, 15) is 9.59 Å². The van der Waals surface area contributed by atoms with Crippen LogP contribution in [0, 0.1) is 13.8 Å². The first kappa shape index (κ1) is 19.9. The van der Waals surface area contributed by atoms with Crippen LogP contribution in [0.15, 0.2) is 5.38 Å². The monoisotopic (exact) mass is 409 g/mol. The fourth-order valence-corrected chi connectivity index (χ4v) is 4.63. The Morgan fingerprint density at radius 1 is 1.33 bits per heavy atom.